The van der Waals surface area contributed by atoms with Crippen molar-refractivity contribution in [3.05, 3.63) is 29.3 Å². The molecule has 0 bridgehead atoms. The highest BCUT2D eigenvalue weighted by atomic mass is 16.5. The zero-order valence-electron chi connectivity index (χ0n) is 11.5. The van der Waals surface area contributed by atoms with Gasteiger partial charge in [0, 0.05) is 31.5 Å². The molecule has 0 spiro atoms. The van der Waals surface area contributed by atoms with Crippen molar-refractivity contribution in [2.45, 2.75) is 33.0 Å². The van der Waals surface area contributed by atoms with E-state index in [9.17, 15) is 5.11 Å². The van der Waals surface area contributed by atoms with Gasteiger partial charge in [-0.3, -0.25) is 0 Å². The number of ether oxygens (including phenoxy) is 1. The lowest BCUT2D eigenvalue weighted by Gasteiger charge is -2.38. The van der Waals surface area contributed by atoms with E-state index in [0.717, 1.165) is 30.8 Å². The molecule has 1 aromatic rings. The molecule has 0 radical (unpaired) electrons. The Morgan fingerprint density at radius 3 is 2.89 bits per heavy atom. The number of nitrogens with zero attached hydrogens (tertiary/aromatic N) is 1. The number of aryl methyl sites for hydroxylation is 1. The fraction of sp³-hybridized carbons (Fsp3) is 0.600. The number of aliphatic hydroxyl groups is 1. The topological polar surface area (TPSA) is 32.7 Å². The molecule has 1 aliphatic rings. The van der Waals surface area contributed by atoms with Crippen LogP contribution in [0.25, 0.3) is 0 Å². The van der Waals surface area contributed by atoms with Crippen LogP contribution in [0.2, 0.25) is 0 Å². The zero-order valence-corrected chi connectivity index (χ0v) is 11.5. The van der Waals surface area contributed by atoms with E-state index in [0.29, 0.717) is 5.92 Å². The molecule has 2 atom stereocenters. The third kappa shape index (κ3) is 2.68. The van der Waals surface area contributed by atoms with Gasteiger partial charge in [-0.15, -0.1) is 0 Å². The molecule has 2 rings (SSSR count). The fourth-order valence-electron chi connectivity index (χ4n) is 2.71. The normalized spacial score (nSPS) is 24.3. The van der Waals surface area contributed by atoms with Crippen LogP contribution in [0.15, 0.2) is 18.2 Å². The monoisotopic (exact) mass is 249 g/mol. The second kappa shape index (κ2) is 5.72. The van der Waals surface area contributed by atoms with Crippen molar-refractivity contribution < 1.29 is 9.84 Å². The molecule has 1 heterocycles. The van der Waals surface area contributed by atoms with E-state index >= 15 is 0 Å². The minimum Gasteiger partial charge on any atom is -0.392 e. The first kappa shape index (κ1) is 13.4. The lowest BCUT2D eigenvalue weighted by atomic mass is 9.94. The summed E-state index contributed by atoms with van der Waals surface area (Å²) in [6, 6.07) is 6.28. The summed E-state index contributed by atoms with van der Waals surface area (Å²) in [5, 5.41) is 9.49. The van der Waals surface area contributed by atoms with Crippen LogP contribution in [0.3, 0.4) is 0 Å². The number of hydrogen-bond acceptors (Lipinski definition) is 3. The molecular formula is C15H23NO2. The Balaban J connectivity index is 2.21. The summed E-state index contributed by atoms with van der Waals surface area (Å²) in [7, 11) is 1.78. The number of benzene rings is 1. The molecular weight excluding hydrogens is 226 g/mol. The summed E-state index contributed by atoms with van der Waals surface area (Å²) in [4.78, 5) is 2.33. The largest absolute Gasteiger partial charge is 0.392 e. The number of aliphatic hydroxyl groups excluding tert-OH is 1. The van der Waals surface area contributed by atoms with Gasteiger partial charge in [-0.2, -0.15) is 0 Å². The van der Waals surface area contributed by atoms with Gasteiger partial charge < -0.3 is 14.7 Å². The molecule has 18 heavy (non-hydrogen) atoms. The molecule has 0 amide bonds. The van der Waals surface area contributed by atoms with Gasteiger partial charge in [-0.25, -0.2) is 0 Å². The molecule has 3 nitrogen and oxygen atoms in total. The highest BCUT2D eigenvalue weighted by Gasteiger charge is 2.26. The Bertz CT molecular complexity index is 405. The number of hydrogen-bond donors (Lipinski definition) is 1. The van der Waals surface area contributed by atoms with E-state index in [1.165, 1.54) is 5.56 Å². The molecule has 2 unspecified atom stereocenters. The lowest BCUT2D eigenvalue weighted by molar-refractivity contribution is 0.0497. The molecule has 0 saturated carbocycles. The van der Waals surface area contributed by atoms with Crippen molar-refractivity contribution in [1.29, 1.82) is 0 Å². The second-order valence-corrected chi connectivity index (χ2v) is 5.28. The predicted molar refractivity (Wildman–Crippen MR) is 73.9 cm³/mol. The quantitative estimate of drug-likeness (QED) is 0.892. The highest BCUT2D eigenvalue weighted by Crippen LogP contribution is 2.28. The van der Waals surface area contributed by atoms with E-state index < -0.39 is 0 Å². The maximum atomic E-state index is 9.49. The van der Waals surface area contributed by atoms with Crippen molar-refractivity contribution in [3.8, 4) is 0 Å². The zero-order chi connectivity index (χ0) is 13.1. The Hall–Kier alpha value is -1.06. The number of rotatable bonds is 3. The van der Waals surface area contributed by atoms with Crippen molar-refractivity contribution in [3.63, 3.8) is 0 Å². The van der Waals surface area contributed by atoms with Gasteiger partial charge in [0.25, 0.3) is 0 Å². The van der Waals surface area contributed by atoms with Gasteiger partial charge in [0.05, 0.1) is 12.7 Å². The van der Waals surface area contributed by atoms with Crippen LogP contribution in [-0.4, -0.2) is 31.4 Å². The summed E-state index contributed by atoms with van der Waals surface area (Å²) >= 11 is 0. The fourth-order valence-corrected chi connectivity index (χ4v) is 2.71. The average Bonchev–Trinajstić information content (AvgIpc) is 2.39. The maximum Gasteiger partial charge on any atom is 0.0772 e. The molecule has 0 aromatic heterocycles. The van der Waals surface area contributed by atoms with Gasteiger partial charge >= 0.3 is 0 Å². The molecule has 1 aliphatic heterocycles. The van der Waals surface area contributed by atoms with Gasteiger partial charge in [0.1, 0.15) is 0 Å². The van der Waals surface area contributed by atoms with Crippen molar-refractivity contribution in [2.75, 3.05) is 25.1 Å². The number of anilines is 1. The molecule has 100 valence electrons. The van der Waals surface area contributed by atoms with Crippen LogP contribution in [0.1, 0.15) is 24.5 Å². The molecule has 3 heteroatoms. The van der Waals surface area contributed by atoms with E-state index in [1.807, 2.05) is 0 Å². The summed E-state index contributed by atoms with van der Waals surface area (Å²) in [6.07, 6.45) is 1.42. The smallest absolute Gasteiger partial charge is 0.0772 e. The average molecular weight is 249 g/mol. The summed E-state index contributed by atoms with van der Waals surface area (Å²) in [5.41, 5.74) is 3.35. The summed E-state index contributed by atoms with van der Waals surface area (Å²) in [6.45, 7) is 6.35. The van der Waals surface area contributed by atoms with Crippen molar-refractivity contribution >= 4 is 5.69 Å². The Kier molecular flexibility index (Phi) is 4.25. The molecule has 1 fully saturated rings. The van der Waals surface area contributed by atoms with Crippen molar-refractivity contribution in [1.82, 2.24) is 0 Å². The third-order valence-electron chi connectivity index (χ3n) is 3.94. The van der Waals surface area contributed by atoms with E-state index in [-0.39, 0.29) is 12.7 Å². The first-order chi connectivity index (χ1) is 8.65. The van der Waals surface area contributed by atoms with Gasteiger partial charge in [0.15, 0.2) is 0 Å². The predicted octanol–water partition coefficient (Wildman–Crippen LogP) is 2.35. The van der Waals surface area contributed by atoms with Crippen LogP contribution in [0.5, 0.6) is 0 Å². The third-order valence-corrected chi connectivity index (χ3v) is 3.94. The van der Waals surface area contributed by atoms with Gasteiger partial charge in [-0.1, -0.05) is 24.6 Å². The second-order valence-electron chi connectivity index (χ2n) is 5.28. The van der Waals surface area contributed by atoms with Gasteiger partial charge in [0.2, 0.25) is 0 Å². The first-order valence-corrected chi connectivity index (χ1v) is 6.64. The van der Waals surface area contributed by atoms with Crippen LogP contribution in [-0.2, 0) is 11.3 Å². The van der Waals surface area contributed by atoms with E-state index in [2.05, 4.69) is 36.9 Å². The standard InChI is InChI=1S/C15H23NO2/c1-11-4-5-14(13(8-11)10-17)16-7-6-12(2)15(9-16)18-3/h4-5,8,12,15,17H,6-7,9-10H2,1-3H3. The SMILES string of the molecule is COC1CN(c2ccc(C)cc2CO)CCC1C. The summed E-state index contributed by atoms with van der Waals surface area (Å²) in [5.74, 6) is 0.606. The van der Waals surface area contributed by atoms with Crippen LogP contribution in [0, 0.1) is 12.8 Å². The highest BCUT2D eigenvalue weighted by molar-refractivity contribution is 5.55. The van der Waals surface area contributed by atoms with Gasteiger partial charge in [-0.05, 0) is 25.3 Å². The Labute approximate surface area is 109 Å². The first-order valence-electron chi connectivity index (χ1n) is 6.64. The lowest BCUT2D eigenvalue weighted by Crippen LogP contribution is -2.44. The maximum absolute atomic E-state index is 9.49. The number of piperidine rings is 1. The minimum absolute atomic E-state index is 0.0979. The molecule has 0 aliphatic carbocycles. The Morgan fingerprint density at radius 1 is 1.44 bits per heavy atom. The van der Waals surface area contributed by atoms with Crippen LogP contribution in [0.4, 0.5) is 5.69 Å². The van der Waals surface area contributed by atoms with E-state index in [1.54, 1.807) is 7.11 Å². The van der Waals surface area contributed by atoms with Crippen LogP contribution < -0.4 is 4.90 Å². The van der Waals surface area contributed by atoms with E-state index in [4.69, 9.17) is 4.74 Å². The summed E-state index contributed by atoms with van der Waals surface area (Å²) < 4.78 is 5.55. The van der Waals surface area contributed by atoms with Crippen molar-refractivity contribution in [2.24, 2.45) is 5.92 Å². The minimum atomic E-state index is 0.0979. The van der Waals surface area contributed by atoms with Crippen LogP contribution >= 0.6 is 0 Å². The molecule has 1 aromatic carbocycles. The number of methoxy groups -OCH3 is 1. The molecule has 1 N–H and O–H groups in total. The Morgan fingerprint density at radius 2 is 2.22 bits per heavy atom. The molecule has 1 saturated heterocycles.